The van der Waals surface area contributed by atoms with E-state index < -0.39 is 10.0 Å². The Labute approximate surface area is 154 Å². The number of carbonyl (C=O) groups excluding carboxylic acids is 1. The number of nitrogens with zero attached hydrogens (tertiary/aromatic N) is 1. The van der Waals surface area contributed by atoms with E-state index in [1.165, 1.54) is 17.7 Å². The van der Waals surface area contributed by atoms with Crippen LogP contribution in [0.25, 0.3) is 0 Å². The van der Waals surface area contributed by atoms with Crippen molar-refractivity contribution in [2.45, 2.75) is 43.0 Å². The summed E-state index contributed by atoms with van der Waals surface area (Å²) in [5.41, 5.74) is 2.61. The van der Waals surface area contributed by atoms with Crippen molar-refractivity contribution < 1.29 is 13.2 Å². The lowest BCUT2D eigenvalue weighted by Crippen LogP contribution is -2.32. The largest absolute Gasteiger partial charge is 0.308 e. The van der Waals surface area contributed by atoms with Crippen LogP contribution < -0.4 is 9.62 Å². The fourth-order valence-corrected chi connectivity index (χ4v) is 5.12. The molecule has 5 nitrogen and oxygen atoms in total. The van der Waals surface area contributed by atoms with Gasteiger partial charge in [0.05, 0.1) is 4.90 Å². The lowest BCUT2D eigenvalue weighted by molar-refractivity contribution is 0.0989. The van der Waals surface area contributed by atoms with Crippen LogP contribution in [0, 0.1) is 0 Å². The van der Waals surface area contributed by atoms with Crippen molar-refractivity contribution in [3.8, 4) is 0 Å². The zero-order valence-electron chi connectivity index (χ0n) is 14.5. The lowest BCUT2D eigenvalue weighted by atomic mass is 10.1. The second kappa shape index (κ2) is 6.85. The molecule has 1 amide bonds. The predicted octanol–water partition coefficient (Wildman–Crippen LogP) is 3.11. The van der Waals surface area contributed by atoms with Gasteiger partial charge in [-0.05, 0) is 55.2 Å². The maximum atomic E-state index is 12.8. The van der Waals surface area contributed by atoms with E-state index in [0.717, 1.165) is 37.8 Å². The van der Waals surface area contributed by atoms with Crippen LogP contribution in [0.2, 0.25) is 0 Å². The molecule has 6 heteroatoms. The summed E-state index contributed by atoms with van der Waals surface area (Å²) in [5.74, 6) is -0.0948. The second-order valence-electron chi connectivity index (χ2n) is 6.96. The van der Waals surface area contributed by atoms with Gasteiger partial charge in [0.2, 0.25) is 10.0 Å². The molecule has 2 aliphatic rings. The van der Waals surface area contributed by atoms with Crippen molar-refractivity contribution in [3.05, 3.63) is 59.7 Å². The molecule has 26 heavy (non-hydrogen) atoms. The van der Waals surface area contributed by atoms with Crippen LogP contribution in [0.5, 0.6) is 0 Å². The summed E-state index contributed by atoms with van der Waals surface area (Å²) in [7, 11) is -3.53. The van der Waals surface area contributed by atoms with Gasteiger partial charge in [-0.1, -0.05) is 31.0 Å². The summed E-state index contributed by atoms with van der Waals surface area (Å²) in [5, 5.41) is 0. The lowest BCUT2D eigenvalue weighted by Gasteiger charge is -2.18. The van der Waals surface area contributed by atoms with Crippen LogP contribution in [-0.4, -0.2) is 26.9 Å². The van der Waals surface area contributed by atoms with E-state index in [4.69, 9.17) is 0 Å². The summed E-state index contributed by atoms with van der Waals surface area (Å²) >= 11 is 0. The van der Waals surface area contributed by atoms with Crippen LogP contribution in [0.15, 0.2) is 53.4 Å². The molecule has 0 radical (unpaired) electrons. The SMILES string of the molecule is O=C(c1ccc(S(=O)(=O)NC2CCCC2)cc1)N1CCc2ccccc21. The Morgan fingerprint density at radius 3 is 2.42 bits per heavy atom. The number of fused-ring (bicyclic) bond motifs is 1. The van der Waals surface area contributed by atoms with E-state index in [9.17, 15) is 13.2 Å². The average Bonchev–Trinajstić information content (AvgIpc) is 3.30. The standard InChI is InChI=1S/C20H22N2O3S/c23-20(22-14-13-15-5-1-4-8-19(15)22)16-9-11-18(12-10-16)26(24,25)21-17-6-2-3-7-17/h1,4-5,8-12,17,21H,2-3,6-7,13-14H2. The molecule has 0 unspecified atom stereocenters. The monoisotopic (exact) mass is 370 g/mol. The van der Waals surface area contributed by atoms with E-state index in [2.05, 4.69) is 4.72 Å². The fraction of sp³-hybridized carbons (Fsp3) is 0.350. The Kier molecular flexibility index (Phi) is 4.54. The molecule has 1 aliphatic heterocycles. The van der Waals surface area contributed by atoms with Gasteiger partial charge < -0.3 is 4.90 Å². The minimum Gasteiger partial charge on any atom is -0.308 e. The maximum Gasteiger partial charge on any atom is 0.258 e. The van der Waals surface area contributed by atoms with Gasteiger partial charge in [-0.15, -0.1) is 0 Å². The zero-order valence-corrected chi connectivity index (χ0v) is 15.3. The molecule has 1 fully saturated rings. The van der Waals surface area contributed by atoms with E-state index in [-0.39, 0.29) is 16.8 Å². The van der Waals surface area contributed by atoms with Gasteiger partial charge in [-0.3, -0.25) is 4.79 Å². The van der Waals surface area contributed by atoms with Crippen molar-refractivity contribution in [3.63, 3.8) is 0 Å². The molecule has 0 saturated heterocycles. The Morgan fingerprint density at radius 2 is 1.69 bits per heavy atom. The molecule has 4 rings (SSSR count). The summed E-state index contributed by atoms with van der Waals surface area (Å²) in [6.07, 6.45) is 4.77. The van der Waals surface area contributed by atoms with Gasteiger partial charge in [-0.25, -0.2) is 13.1 Å². The van der Waals surface area contributed by atoms with Crippen LogP contribution in [-0.2, 0) is 16.4 Å². The van der Waals surface area contributed by atoms with Gasteiger partial charge in [-0.2, -0.15) is 0 Å². The molecule has 0 atom stereocenters. The summed E-state index contributed by atoms with van der Waals surface area (Å²) in [4.78, 5) is 14.8. The number of carbonyl (C=O) groups is 1. The molecule has 0 spiro atoms. The first-order valence-corrected chi connectivity index (χ1v) is 10.5. The third kappa shape index (κ3) is 3.27. The molecule has 0 bridgehead atoms. The number of amides is 1. The molecule has 0 aromatic heterocycles. The Morgan fingerprint density at radius 1 is 1.00 bits per heavy atom. The van der Waals surface area contributed by atoms with Crippen molar-refractivity contribution in [2.24, 2.45) is 0 Å². The molecule has 2 aromatic rings. The van der Waals surface area contributed by atoms with E-state index in [1.54, 1.807) is 17.0 Å². The quantitative estimate of drug-likeness (QED) is 0.899. The van der Waals surface area contributed by atoms with Crippen LogP contribution >= 0.6 is 0 Å². The zero-order chi connectivity index (χ0) is 18.1. The first-order valence-electron chi connectivity index (χ1n) is 9.07. The number of nitrogens with one attached hydrogen (secondary N) is 1. The van der Waals surface area contributed by atoms with Gasteiger partial charge in [0, 0.05) is 23.8 Å². The Hall–Kier alpha value is -2.18. The summed E-state index contributed by atoms with van der Waals surface area (Å²) in [6, 6.07) is 14.2. The molecule has 1 heterocycles. The number of para-hydroxylation sites is 1. The summed E-state index contributed by atoms with van der Waals surface area (Å²) in [6.45, 7) is 0.654. The number of anilines is 1. The number of sulfonamides is 1. The second-order valence-corrected chi connectivity index (χ2v) is 8.68. The van der Waals surface area contributed by atoms with Gasteiger partial charge in [0.25, 0.3) is 5.91 Å². The van der Waals surface area contributed by atoms with Crippen molar-refractivity contribution in [1.29, 1.82) is 0 Å². The van der Waals surface area contributed by atoms with Gasteiger partial charge in [0.1, 0.15) is 0 Å². The fourth-order valence-electron chi connectivity index (χ4n) is 3.81. The molecular weight excluding hydrogens is 348 g/mol. The molecule has 136 valence electrons. The van der Waals surface area contributed by atoms with Crippen molar-refractivity contribution in [2.75, 3.05) is 11.4 Å². The number of benzene rings is 2. The molecular formula is C20H22N2O3S. The minimum absolute atomic E-state index is 0.0300. The smallest absolute Gasteiger partial charge is 0.258 e. The third-order valence-corrected chi connectivity index (χ3v) is 6.76. The maximum absolute atomic E-state index is 12.8. The van der Waals surface area contributed by atoms with Gasteiger partial charge >= 0.3 is 0 Å². The highest BCUT2D eigenvalue weighted by atomic mass is 32.2. The average molecular weight is 370 g/mol. The van der Waals surface area contributed by atoms with E-state index in [0.29, 0.717) is 12.1 Å². The number of hydrogen-bond acceptors (Lipinski definition) is 3. The highest BCUT2D eigenvalue weighted by Gasteiger charge is 2.26. The Bertz CT molecular complexity index is 916. The topological polar surface area (TPSA) is 66.5 Å². The number of rotatable bonds is 4. The van der Waals surface area contributed by atoms with Gasteiger partial charge in [0.15, 0.2) is 0 Å². The minimum atomic E-state index is -3.53. The predicted molar refractivity (Wildman–Crippen MR) is 101 cm³/mol. The van der Waals surface area contributed by atoms with Crippen LogP contribution in [0.4, 0.5) is 5.69 Å². The molecule has 1 N–H and O–H groups in total. The van der Waals surface area contributed by atoms with E-state index in [1.807, 2.05) is 24.3 Å². The van der Waals surface area contributed by atoms with Crippen molar-refractivity contribution in [1.82, 2.24) is 4.72 Å². The van der Waals surface area contributed by atoms with Crippen LogP contribution in [0.3, 0.4) is 0 Å². The summed E-state index contributed by atoms with van der Waals surface area (Å²) < 4.78 is 27.7. The highest BCUT2D eigenvalue weighted by Crippen LogP contribution is 2.29. The third-order valence-electron chi connectivity index (χ3n) is 5.22. The first-order chi connectivity index (χ1) is 12.5. The van der Waals surface area contributed by atoms with E-state index >= 15 is 0 Å². The molecule has 1 saturated carbocycles. The Balaban J connectivity index is 1.52. The molecule has 1 aliphatic carbocycles. The van der Waals surface area contributed by atoms with Crippen molar-refractivity contribution >= 4 is 21.6 Å². The van der Waals surface area contributed by atoms with Crippen LogP contribution in [0.1, 0.15) is 41.6 Å². The first kappa shape index (κ1) is 17.2. The highest BCUT2D eigenvalue weighted by molar-refractivity contribution is 7.89. The number of hydrogen-bond donors (Lipinski definition) is 1. The normalized spacial score (nSPS) is 17.5. The molecule has 2 aromatic carbocycles.